The van der Waals surface area contributed by atoms with E-state index in [1.54, 1.807) is 12.3 Å². The molecule has 1 fully saturated rings. The molecule has 100 valence electrons. The third kappa shape index (κ3) is 3.22. The lowest BCUT2D eigenvalue weighted by atomic mass is 9.95. The van der Waals surface area contributed by atoms with Crippen LogP contribution in [0.25, 0.3) is 10.8 Å². The molecule has 0 aromatic carbocycles. The number of rotatable bonds is 3. The van der Waals surface area contributed by atoms with Gasteiger partial charge in [0.05, 0.1) is 0 Å². The molecule has 3 rings (SSSR count). The quantitative estimate of drug-likeness (QED) is 0.869. The van der Waals surface area contributed by atoms with Crippen LogP contribution < -0.4 is 5.32 Å². The first kappa shape index (κ1) is 12.8. The Morgan fingerprint density at radius 2 is 2.05 bits per heavy atom. The molecule has 1 aliphatic carbocycles. The molecule has 0 unspecified atom stereocenters. The average Bonchev–Trinajstić information content (AvgIpc) is 2.93. The molecule has 19 heavy (non-hydrogen) atoms. The van der Waals surface area contributed by atoms with E-state index in [9.17, 15) is 0 Å². The van der Waals surface area contributed by atoms with Crippen LogP contribution in [0.4, 0.5) is 5.82 Å². The molecule has 1 aliphatic rings. The molecule has 6 heteroatoms. The molecule has 2 heterocycles. The van der Waals surface area contributed by atoms with E-state index in [-0.39, 0.29) is 0 Å². The summed E-state index contributed by atoms with van der Waals surface area (Å²) in [6, 6.07) is 2.29. The average molecular weight is 295 g/mol. The summed E-state index contributed by atoms with van der Waals surface area (Å²) >= 11 is 7.59. The Hall–Kier alpha value is -1.20. The van der Waals surface area contributed by atoms with Crippen molar-refractivity contribution >= 4 is 28.8 Å². The Labute approximate surface area is 121 Å². The highest BCUT2D eigenvalue weighted by Gasteiger charge is 2.15. The fourth-order valence-electron chi connectivity index (χ4n) is 2.38. The van der Waals surface area contributed by atoms with Crippen LogP contribution >= 0.6 is 22.9 Å². The van der Waals surface area contributed by atoms with Crippen molar-refractivity contribution in [2.45, 2.75) is 38.1 Å². The van der Waals surface area contributed by atoms with E-state index in [4.69, 9.17) is 11.6 Å². The first-order valence-corrected chi connectivity index (χ1v) is 7.78. The van der Waals surface area contributed by atoms with Gasteiger partial charge in [-0.3, -0.25) is 0 Å². The van der Waals surface area contributed by atoms with Gasteiger partial charge >= 0.3 is 0 Å². The smallest absolute Gasteiger partial charge is 0.192 e. The minimum absolute atomic E-state index is 0.457. The summed E-state index contributed by atoms with van der Waals surface area (Å²) in [7, 11) is 0. The zero-order chi connectivity index (χ0) is 13.1. The summed E-state index contributed by atoms with van der Waals surface area (Å²) in [4.78, 5) is 13.0. The van der Waals surface area contributed by atoms with Gasteiger partial charge in [0.15, 0.2) is 10.8 Å². The van der Waals surface area contributed by atoms with Gasteiger partial charge in [0, 0.05) is 23.7 Å². The van der Waals surface area contributed by atoms with Gasteiger partial charge in [0.1, 0.15) is 11.0 Å². The third-order valence-corrected chi connectivity index (χ3v) is 4.24. The van der Waals surface area contributed by atoms with Gasteiger partial charge in [-0.15, -0.1) is 11.3 Å². The third-order valence-electron chi connectivity index (χ3n) is 3.28. The van der Waals surface area contributed by atoms with Crippen LogP contribution in [0.3, 0.4) is 0 Å². The minimum atomic E-state index is 0.457. The summed E-state index contributed by atoms with van der Waals surface area (Å²) in [5, 5.41) is 6.63. The highest BCUT2D eigenvalue weighted by atomic mass is 35.5. The lowest BCUT2D eigenvalue weighted by molar-refractivity contribution is 0.462. The second-order valence-electron chi connectivity index (χ2n) is 4.72. The predicted octanol–water partition coefficient (Wildman–Crippen LogP) is 4.00. The lowest BCUT2D eigenvalue weighted by Crippen LogP contribution is -2.23. The normalized spacial score (nSPS) is 16.5. The van der Waals surface area contributed by atoms with Gasteiger partial charge in [-0.2, -0.15) is 0 Å². The van der Waals surface area contributed by atoms with Gasteiger partial charge in [0.25, 0.3) is 0 Å². The van der Waals surface area contributed by atoms with Crippen LogP contribution in [0.15, 0.2) is 17.6 Å². The van der Waals surface area contributed by atoms with Crippen LogP contribution in [0.1, 0.15) is 32.1 Å². The van der Waals surface area contributed by atoms with Crippen molar-refractivity contribution in [1.82, 2.24) is 15.0 Å². The predicted molar refractivity (Wildman–Crippen MR) is 78.6 cm³/mol. The van der Waals surface area contributed by atoms with Crippen molar-refractivity contribution in [1.29, 1.82) is 0 Å². The molecule has 1 N–H and O–H groups in total. The molecule has 0 saturated heterocycles. The van der Waals surface area contributed by atoms with Gasteiger partial charge in [-0.05, 0) is 12.8 Å². The van der Waals surface area contributed by atoms with E-state index in [1.807, 2.05) is 5.38 Å². The maximum Gasteiger partial charge on any atom is 0.192 e. The molecule has 1 saturated carbocycles. The molecule has 0 atom stereocenters. The first-order valence-electron chi connectivity index (χ1n) is 6.52. The number of thiazole rings is 1. The summed E-state index contributed by atoms with van der Waals surface area (Å²) in [5.41, 5.74) is 0. The number of halogens is 1. The minimum Gasteiger partial charge on any atom is -0.367 e. The van der Waals surface area contributed by atoms with Crippen molar-refractivity contribution < 1.29 is 0 Å². The van der Waals surface area contributed by atoms with Gasteiger partial charge < -0.3 is 5.32 Å². The van der Waals surface area contributed by atoms with E-state index in [0.29, 0.717) is 17.0 Å². The number of aromatic nitrogens is 3. The largest absolute Gasteiger partial charge is 0.367 e. The molecule has 0 spiro atoms. The van der Waals surface area contributed by atoms with Crippen LogP contribution in [0.2, 0.25) is 5.15 Å². The first-order chi connectivity index (χ1) is 9.31. The second-order valence-corrected chi connectivity index (χ2v) is 6.00. The zero-order valence-corrected chi connectivity index (χ0v) is 12.0. The fourth-order valence-corrected chi connectivity index (χ4v) is 3.13. The molecule has 2 aromatic rings. The molecule has 0 bridgehead atoms. The van der Waals surface area contributed by atoms with Gasteiger partial charge in [0.2, 0.25) is 0 Å². The van der Waals surface area contributed by atoms with E-state index < -0.39 is 0 Å². The van der Waals surface area contributed by atoms with E-state index in [2.05, 4.69) is 20.3 Å². The monoisotopic (exact) mass is 294 g/mol. The molecular formula is C13H15ClN4S. The molecule has 2 aromatic heterocycles. The van der Waals surface area contributed by atoms with E-state index >= 15 is 0 Å². The Morgan fingerprint density at radius 3 is 2.79 bits per heavy atom. The van der Waals surface area contributed by atoms with Crippen LogP contribution in [-0.4, -0.2) is 21.0 Å². The maximum absolute atomic E-state index is 6.07. The van der Waals surface area contributed by atoms with Gasteiger partial charge in [-0.1, -0.05) is 30.9 Å². The number of hydrogen-bond donors (Lipinski definition) is 1. The molecular weight excluding hydrogens is 280 g/mol. The summed E-state index contributed by atoms with van der Waals surface area (Å²) < 4.78 is 0. The molecule has 0 amide bonds. The number of anilines is 1. The van der Waals surface area contributed by atoms with Crippen molar-refractivity contribution in [2.24, 2.45) is 0 Å². The lowest BCUT2D eigenvalue weighted by Gasteiger charge is -2.23. The van der Waals surface area contributed by atoms with Crippen molar-refractivity contribution in [3.8, 4) is 10.8 Å². The Bertz CT molecular complexity index is 538. The van der Waals surface area contributed by atoms with E-state index in [1.165, 1.54) is 43.4 Å². The standard InChI is InChI=1S/C13H15ClN4S/c14-10-8-11(16-9-4-2-1-3-5-9)18-12(17-10)13-15-6-7-19-13/h6-9H,1-5H2,(H,16,17,18). The van der Waals surface area contributed by atoms with Crippen molar-refractivity contribution in [2.75, 3.05) is 5.32 Å². The van der Waals surface area contributed by atoms with Crippen LogP contribution in [0, 0.1) is 0 Å². The number of hydrogen-bond acceptors (Lipinski definition) is 5. The molecule has 0 aliphatic heterocycles. The Kier molecular flexibility index (Phi) is 3.94. The highest BCUT2D eigenvalue weighted by molar-refractivity contribution is 7.13. The van der Waals surface area contributed by atoms with Crippen LogP contribution in [-0.2, 0) is 0 Å². The summed E-state index contributed by atoms with van der Waals surface area (Å²) in [6.45, 7) is 0. The highest BCUT2D eigenvalue weighted by Crippen LogP contribution is 2.25. The Balaban J connectivity index is 1.81. The number of nitrogens with one attached hydrogen (secondary N) is 1. The SMILES string of the molecule is Clc1cc(NC2CCCCC2)nc(-c2nccs2)n1. The summed E-state index contributed by atoms with van der Waals surface area (Å²) in [6.07, 6.45) is 8.07. The number of nitrogens with zero attached hydrogens (tertiary/aromatic N) is 3. The Morgan fingerprint density at radius 1 is 1.21 bits per heavy atom. The fraction of sp³-hybridized carbons (Fsp3) is 0.462. The molecule has 4 nitrogen and oxygen atoms in total. The zero-order valence-electron chi connectivity index (χ0n) is 10.5. The van der Waals surface area contributed by atoms with Gasteiger partial charge in [-0.25, -0.2) is 15.0 Å². The maximum atomic E-state index is 6.07. The van der Waals surface area contributed by atoms with Crippen molar-refractivity contribution in [3.63, 3.8) is 0 Å². The summed E-state index contributed by atoms with van der Waals surface area (Å²) in [5.74, 6) is 1.40. The molecule has 0 radical (unpaired) electrons. The van der Waals surface area contributed by atoms with Crippen LogP contribution in [0.5, 0.6) is 0 Å². The second kappa shape index (κ2) is 5.84. The topological polar surface area (TPSA) is 50.7 Å². The van der Waals surface area contributed by atoms with E-state index in [0.717, 1.165) is 10.8 Å². The van der Waals surface area contributed by atoms with Crippen molar-refractivity contribution in [3.05, 3.63) is 22.8 Å².